The molecule has 1 aromatic heterocycles. The molecule has 0 saturated carbocycles. The molecule has 0 radical (unpaired) electrons. The van der Waals surface area contributed by atoms with Crippen LogP contribution >= 0.6 is 0 Å². The van der Waals surface area contributed by atoms with Crippen LogP contribution in [0.3, 0.4) is 0 Å². The molecule has 0 aliphatic carbocycles. The molecule has 0 spiro atoms. The molecule has 0 unspecified atom stereocenters. The Morgan fingerprint density at radius 2 is 1.97 bits per heavy atom. The zero-order valence-corrected chi connectivity index (χ0v) is 19.2. The monoisotopic (exact) mass is 483 g/mol. The summed E-state index contributed by atoms with van der Waals surface area (Å²) in [6, 6.07) is 12.4. The highest BCUT2D eigenvalue weighted by molar-refractivity contribution is 5.95. The number of carboxylic acids is 1. The van der Waals surface area contributed by atoms with Crippen molar-refractivity contribution in [2.24, 2.45) is 0 Å². The largest absolute Gasteiger partial charge is 0.478 e. The predicted molar refractivity (Wildman–Crippen MR) is 126 cm³/mol. The molecule has 10 heteroatoms. The molecule has 3 aromatic rings. The number of carbonyl (C=O) groups is 1. The summed E-state index contributed by atoms with van der Waals surface area (Å²) in [5, 5.41) is 13.8. The first kappa shape index (κ1) is 24.2. The van der Waals surface area contributed by atoms with Crippen LogP contribution in [0.1, 0.15) is 29.5 Å². The van der Waals surface area contributed by atoms with Crippen LogP contribution in [-0.2, 0) is 9.57 Å². The quantitative estimate of drug-likeness (QED) is 0.248. The number of ether oxygens (including phenoxy) is 2. The number of benzene rings is 2. The Balaban J connectivity index is 1.57. The van der Waals surface area contributed by atoms with Crippen LogP contribution in [0.25, 0.3) is 17.0 Å². The number of halogens is 1. The maximum absolute atomic E-state index is 13.2. The standard InChI is InChI=1S/C25H26FN3O6/c1-2-11-34-27-22(24-15-21(28-35-24)17-3-5-18(26)6-4-17)16-33-19-7-8-23(20(14-19)25(30)31)29-9-12-32-13-10-29/h3-8,14-16,27H,2,9-13H2,1H3,(H,30,31). The van der Waals surface area contributed by atoms with E-state index in [2.05, 4.69) is 10.6 Å². The van der Waals surface area contributed by atoms with Gasteiger partial charge in [-0.15, -0.1) is 0 Å². The number of morpholine rings is 1. The summed E-state index contributed by atoms with van der Waals surface area (Å²) in [7, 11) is 0. The van der Waals surface area contributed by atoms with E-state index in [9.17, 15) is 14.3 Å². The average molecular weight is 483 g/mol. The van der Waals surface area contributed by atoms with Crippen molar-refractivity contribution < 1.29 is 33.1 Å². The van der Waals surface area contributed by atoms with E-state index >= 15 is 0 Å². The lowest BCUT2D eigenvalue weighted by Gasteiger charge is -2.30. The van der Waals surface area contributed by atoms with Crippen molar-refractivity contribution in [3.8, 4) is 17.0 Å². The fourth-order valence-electron chi connectivity index (χ4n) is 3.49. The molecule has 9 nitrogen and oxygen atoms in total. The van der Waals surface area contributed by atoms with Gasteiger partial charge in [-0.3, -0.25) is 10.3 Å². The van der Waals surface area contributed by atoms with Gasteiger partial charge < -0.3 is 24.0 Å². The third kappa shape index (κ3) is 6.17. The van der Waals surface area contributed by atoms with Crippen LogP contribution in [0.5, 0.6) is 5.75 Å². The van der Waals surface area contributed by atoms with Gasteiger partial charge in [0.15, 0.2) is 5.76 Å². The Kier molecular flexibility index (Phi) is 7.96. The molecule has 184 valence electrons. The van der Waals surface area contributed by atoms with Gasteiger partial charge in [-0.2, -0.15) is 0 Å². The van der Waals surface area contributed by atoms with Crippen molar-refractivity contribution in [1.82, 2.24) is 10.6 Å². The third-order valence-corrected chi connectivity index (χ3v) is 5.27. The zero-order valence-electron chi connectivity index (χ0n) is 19.2. The lowest BCUT2D eigenvalue weighted by molar-refractivity contribution is 0.0695. The second-order valence-electron chi connectivity index (χ2n) is 7.77. The Morgan fingerprint density at radius 3 is 2.69 bits per heavy atom. The minimum absolute atomic E-state index is 0.132. The van der Waals surface area contributed by atoms with Crippen LogP contribution in [0, 0.1) is 5.82 Å². The second-order valence-corrected chi connectivity index (χ2v) is 7.77. The number of rotatable bonds is 10. The van der Waals surface area contributed by atoms with Gasteiger partial charge in [0.25, 0.3) is 0 Å². The SMILES string of the molecule is CCCONC(=COc1ccc(N2CCOCC2)c(C(=O)O)c1)c1cc(-c2ccc(F)cc2)no1. The molecule has 1 aliphatic heterocycles. The number of nitrogens with one attached hydrogen (secondary N) is 1. The Morgan fingerprint density at radius 1 is 1.20 bits per heavy atom. The molecule has 1 saturated heterocycles. The zero-order chi connectivity index (χ0) is 24.6. The van der Waals surface area contributed by atoms with E-state index in [4.69, 9.17) is 18.8 Å². The summed E-state index contributed by atoms with van der Waals surface area (Å²) in [4.78, 5) is 19.3. The van der Waals surface area contributed by atoms with Crippen LogP contribution in [-0.4, -0.2) is 49.1 Å². The topological polar surface area (TPSA) is 106 Å². The van der Waals surface area contributed by atoms with Gasteiger partial charge in [0.2, 0.25) is 0 Å². The molecule has 0 bridgehead atoms. The predicted octanol–water partition coefficient (Wildman–Crippen LogP) is 4.32. The minimum Gasteiger partial charge on any atom is -0.478 e. The molecule has 2 heterocycles. The van der Waals surface area contributed by atoms with E-state index in [-0.39, 0.29) is 11.4 Å². The molecule has 2 N–H and O–H groups in total. The molecule has 35 heavy (non-hydrogen) atoms. The van der Waals surface area contributed by atoms with Crippen LogP contribution in [0.2, 0.25) is 0 Å². The lowest BCUT2D eigenvalue weighted by Crippen LogP contribution is -2.37. The maximum atomic E-state index is 13.2. The first-order chi connectivity index (χ1) is 17.0. The first-order valence-corrected chi connectivity index (χ1v) is 11.2. The fraction of sp³-hybridized carbons (Fsp3) is 0.280. The summed E-state index contributed by atoms with van der Waals surface area (Å²) in [6.07, 6.45) is 2.14. The van der Waals surface area contributed by atoms with E-state index in [0.29, 0.717) is 67.1 Å². The highest BCUT2D eigenvalue weighted by Gasteiger charge is 2.19. The number of aromatic nitrogens is 1. The maximum Gasteiger partial charge on any atom is 0.337 e. The van der Waals surface area contributed by atoms with E-state index in [1.807, 2.05) is 11.8 Å². The number of nitrogens with zero attached hydrogens (tertiary/aromatic N) is 2. The summed E-state index contributed by atoms with van der Waals surface area (Å²) < 4.78 is 29.8. The molecular weight excluding hydrogens is 457 g/mol. The number of hydrogen-bond acceptors (Lipinski definition) is 8. The van der Waals surface area contributed by atoms with Crippen LogP contribution < -0.4 is 15.1 Å². The van der Waals surface area contributed by atoms with Gasteiger partial charge in [-0.05, 0) is 48.9 Å². The van der Waals surface area contributed by atoms with Crippen molar-refractivity contribution in [3.63, 3.8) is 0 Å². The normalized spacial score (nSPS) is 14.1. The molecule has 1 aliphatic rings. The second kappa shape index (κ2) is 11.5. The molecular formula is C25H26FN3O6. The highest BCUT2D eigenvalue weighted by Crippen LogP contribution is 2.28. The fourth-order valence-corrected chi connectivity index (χ4v) is 3.49. The summed E-state index contributed by atoms with van der Waals surface area (Å²) in [5.74, 6) is -0.748. The van der Waals surface area contributed by atoms with Crippen molar-refractivity contribution in [2.45, 2.75) is 13.3 Å². The van der Waals surface area contributed by atoms with Gasteiger partial charge in [0, 0.05) is 24.7 Å². The van der Waals surface area contributed by atoms with Gasteiger partial charge in [0.05, 0.1) is 31.1 Å². The Bertz CT molecular complexity index is 1170. The minimum atomic E-state index is -1.05. The molecule has 2 aromatic carbocycles. The van der Waals surface area contributed by atoms with Gasteiger partial charge in [-0.25, -0.2) is 9.18 Å². The van der Waals surface area contributed by atoms with Crippen LogP contribution in [0.4, 0.5) is 10.1 Å². The summed E-state index contributed by atoms with van der Waals surface area (Å²) in [5.41, 5.74) is 5.06. The van der Waals surface area contributed by atoms with Gasteiger partial charge >= 0.3 is 5.97 Å². The highest BCUT2D eigenvalue weighted by atomic mass is 19.1. The van der Waals surface area contributed by atoms with Gasteiger partial charge in [0.1, 0.15) is 29.2 Å². The third-order valence-electron chi connectivity index (χ3n) is 5.27. The summed E-state index contributed by atoms with van der Waals surface area (Å²) >= 11 is 0. The van der Waals surface area contributed by atoms with Crippen molar-refractivity contribution in [1.29, 1.82) is 0 Å². The first-order valence-electron chi connectivity index (χ1n) is 11.2. The molecule has 0 atom stereocenters. The van der Waals surface area contributed by atoms with Crippen molar-refractivity contribution >= 4 is 17.4 Å². The average Bonchev–Trinajstić information content (AvgIpc) is 3.37. The number of hydroxylamine groups is 1. The van der Waals surface area contributed by atoms with Crippen LogP contribution in [0.15, 0.2) is 59.3 Å². The Labute approximate surface area is 201 Å². The number of anilines is 1. The Hall–Kier alpha value is -3.89. The molecule has 4 rings (SSSR count). The summed E-state index contributed by atoms with van der Waals surface area (Å²) in [6.45, 7) is 4.73. The van der Waals surface area contributed by atoms with Crippen molar-refractivity contribution in [3.05, 3.63) is 71.9 Å². The molecule has 1 fully saturated rings. The smallest absolute Gasteiger partial charge is 0.337 e. The lowest BCUT2D eigenvalue weighted by atomic mass is 10.1. The van der Waals surface area contributed by atoms with Crippen molar-refractivity contribution in [2.75, 3.05) is 37.8 Å². The van der Waals surface area contributed by atoms with E-state index in [1.54, 1.807) is 30.3 Å². The molecule has 0 amide bonds. The van der Waals surface area contributed by atoms with Gasteiger partial charge in [-0.1, -0.05) is 12.1 Å². The number of carboxylic acid groups (broad SMARTS) is 1. The number of aromatic carboxylic acids is 1. The van der Waals surface area contributed by atoms with E-state index in [0.717, 1.165) is 6.42 Å². The van der Waals surface area contributed by atoms with E-state index in [1.165, 1.54) is 24.5 Å². The number of hydrogen-bond donors (Lipinski definition) is 2. The van der Waals surface area contributed by atoms with E-state index < -0.39 is 5.97 Å².